The van der Waals surface area contributed by atoms with E-state index in [-0.39, 0.29) is 18.7 Å². The van der Waals surface area contributed by atoms with E-state index in [1.807, 2.05) is 0 Å². The minimum Gasteiger partial charge on any atom is -0.320 e. The van der Waals surface area contributed by atoms with Crippen molar-refractivity contribution >= 4 is 17.7 Å². The van der Waals surface area contributed by atoms with E-state index in [2.05, 4.69) is 5.32 Å². The van der Waals surface area contributed by atoms with E-state index in [1.54, 1.807) is 6.92 Å². The number of piperazine rings is 1. The number of aryl methyl sites for hydroxylation is 1. The molecule has 0 spiro atoms. The van der Waals surface area contributed by atoms with Crippen LogP contribution in [0, 0.1) is 12.7 Å². The lowest BCUT2D eigenvalue weighted by Crippen LogP contribution is -2.53. The van der Waals surface area contributed by atoms with E-state index >= 15 is 0 Å². The van der Waals surface area contributed by atoms with Crippen molar-refractivity contribution in [3.05, 3.63) is 35.1 Å². The zero-order valence-electron chi connectivity index (χ0n) is 9.70. The molecule has 2 rings (SSSR count). The first-order chi connectivity index (χ1) is 8.45. The van der Waals surface area contributed by atoms with Crippen molar-refractivity contribution in [1.29, 1.82) is 0 Å². The van der Waals surface area contributed by atoms with Crippen molar-refractivity contribution in [3.8, 4) is 0 Å². The molecule has 94 valence electrons. The highest BCUT2D eigenvalue weighted by Gasteiger charge is 2.27. The lowest BCUT2D eigenvalue weighted by atomic mass is 10.1. The van der Waals surface area contributed by atoms with Gasteiger partial charge in [-0.25, -0.2) is 4.39 Å². The van der Waals surface area contributed by atoms with Gasteiger partial charge < -0.3 is 4.90 Å². The van der Waals surface area contributed by atoms with Gasteiger partial charge in [0.05, 0.1) is 0 Å². The third kappa shape index (κ3) is 2.53. The maximum absolute atomic E-state index is 13.2. The van der Waals surface area contributed by atoms with Crippen LogP contribution in [0.5, 0.6) is 0 Å². The van der Waals surface area contributed by atoms with Crippen LogP contribution in [0.1, 0.15) is 15.9 Å². The van der Waals surface area contributed by atoms with Crippen molar-refractivity contribution in [2.75, 3.05) is 13.1 Å². The summed E-state index contributed by atoms with van der Waals surface area (Å²) in [7, 11) is 0. The molecule has 5 nitrogen and oxygen atoms in total. The quantitative estimate of drug-likeness (QED) is 0.726. The molecule has 3 amide bonds. The summed E-state index contributed by atoms with van der Waals surface area (Å²) in [6, 6.07) is 3.90. The molecule has 1 N–H and O–H groups in total. The van der Waals surface area contributed by atoms with Gasteiger partial charge in [0.25, 0.3) is 5.91 Å². The second-order valence-corrected chi connectivity index (χ2v) is 4.15. The molecule has 0 bridgehead atoms. The average Bonchev–Trinajstić information content (AvgIpc) is 2.25. The van der Waals surface area contributed by atoms with Crippen LogP contribution in [-0.4, -0.2) is 35.7 Å². The van der Waals surface area contributed by atoms with Crippen molar-refractivity contribution < 1.29 is 18.8 Å². The first kappa shape index (κ1) is 12.2. The Bertz CT molecular complexity index is 506. The minimum absolute atomic E-state index is 0.134. The molecule has 1 heterocycles. The molecular formula is C12H11FN2O3. The minimum atomic E-state index is -0.535. The average molecular weight is 250 g/mol. The number of carbonyl (C=O) groups is 3. The highest BCUT2D eigenvalue weighted by atomic mass is 19.1. The van der Waals surface area contributed by atoms with Gasteiger partial charge in [0.1, 0.15) is 18.9 Å². The van der Waals surface area contributed by atoms with Gasteiger partial charge >= 0.3 is 0 Å². The number of halogens is 1. The fourth-order valence-corrected chi connectivity index (χ4v) is 1.82. The number of nitrogens with zero attached hydrogens (tertiary/aromatic N) is 1. The Morgan fingerprint density at radius 2 is 1.83 bits per heavy atom. The monoisotopic (exact) mass is 250 g/mol. The van der Waals surface area contributed by atoms with Gasteiger partial charge in [-0.2, -0.15) is 0 Å². The molecule has 1 fully saturated rings. The van der Waals surface area contributed by atoms with Crippen molar-refractivity contribution in [3.63, 3.8) is 0 Å². The number of hydrogen-bond donors (Lipinski definition) is 1. The molecular weight excluding hydrogens is 239 g/mol. The van der Waals surface area contributed by atoms with Gasteiger partial charge in [-0.15, -0.1) is 0 Å². The zero-order chi connectivity index (χ0) is 13.3. The van der Waals surface area contributed by atoms with Crippen molar-refractivity contribution in [2.24, 2.45) is 0 Å². The van der Waals surface area contributed by atoms with Crippen LogP contribution in [-0.2, 0) is 9.59 Å². The number of rotatable bonds is 1. The predicted octanol–water partition coefficient (Wildman–Crippen LogP) is 0.233. The third-order valence-corrected chi connectivity index (χ3v) is 2.52. The maximum atomic E-state index is 13.2. The van der Waals surface area contributed by atoms with Crippen LogP contribution in [0.15, 0.2) is 18.2 Å². The summed E-state index contributed by atoms with van der Waals surface area (Å²) in [5.74, 6) is -2.12. The Morgan fingerprint density at radius 3 is 2.39 bits per heavy atom. The fraction of sp³-hybridized carbons (Fsp3) is 0.250. The van der Waals surface area contributed by atoms with Gasteiger partial charge in [-0.05, 0) is 30.7 Å². The zero-order valence-corrected chi connectivity index (χ0v) is 9.70. The largest absolute Gasteiger partial charge is 0.320 e. The molecule has 6 heteroatoms. The molecule has 0 atom stereocenters. The Hall–Kier alpha value is -2.24. The van der Waals surface area contributed by atoms with E-state index in [9.17, 15) is 18.8 Å². The van der Waals surface area contributed by atoms with Crippen LogP contribution in [0.2, 0.25) is 0 Å². The summed E-state index contributed by atoms with van der Waals surface area (Å²) in [4.78, 5) is 35.4. The van der Waals surface area contributed by atoms with Gasteiger partial charge in [-0.3, -0.25) is 19.7 Å². The van der Waals surface area contributed by atoms with Crippen LogP contribution >= 0.6 is 0 Å². The summed E-state index contributed by atoms with van der Waals surface area (Å²) in [6.45, 7) is 1.27. The molecule has 0 saturated carbocycles. The number of nitrogens with one attached hydrogen (secondary N) is 1. The molecule has 1 aromatic carbocycles. The van der Waals surface area contributed by atoms with Crippen LogP contribution in [0.4, 0.5) is 4.39 Å². The Morgan fingerprint density at radius 1 is 1.22 bits per heavy atom. The van der Waals surface area contributed by atoms with E-state index in [0.29, 0.717) is 5.56 Å². The second-order valence-electron chi connectivity index (χ2n) is 4.15. The molecule has 1 saturated heterocycles. The van der Waals surface area contributed by atoms with Crippen molar-refractivity contribution in [1.82, 2.24) is 10.2 Å². The Labute approximate surface area is 103 Å². The van der Waals surface area contributed by atoms with E-state index in [4.69, 9.17) is 0 Å². The van der Waals surface area contributed by atoms with E-state index < -0.39 is 23.5 Å². The van der Waals surface area contributed by atoms with Crippen LogP contribution in [0.25, 0.3) is 0 Å². The smallest absolute Gasteiger partial charge is 0.254 e. The molecule has 18 heavy (non-hydrogen) atoms. The van der Waals surface area contributed by atoms with E-state index in [0.717, 1.165) is 11.0 Å². The Balaban J connectivity index is 2.25. The van der Waals surface area contributed by atoms with Gasteiger partial charge in [0.2, 0.25) is 11.8 Å². The molecule has 0 unspecified atom stereocenters. The van der Waals surface area contributed by atoms with Gasteiger partial charge in [0.15, 0.2) is 0 Å². The first-order valence-electron chi connectivity index (χ1n) is 5.35. The number of benzene rings is 1. The third-order valence-electron chi connectivity index (χ3n) is 2.52. The van der Waals surface area contributed by atoms with Crippen LogP contribution in [0.3, 0.4) is 0 Å². The number of imide groups is 1. The molecule has 1 aliphatic heterocycles. The summed E-state index contributed by atoms with van der Waals surface area (Å²) < 4.78 is 13.2. The predicted molar refractivity (Wildman–Crippen MR) is 60.2 cm³/mol. The lowest BCUT2D eigenvalue weighted by molar-refractivity contribution is -0.135. The molecule has 1 aliphatic rings. The molecule has 0 aliphatic carbocycles. The number of amides is 3. The number of carbonyl (C=O) groups excluding carboxylic acids is 3. The standard InChI is InChI=1S/C12H11FN2O3/c1-7-2-8(4-9(13)3-7)12(18)15-5-10(16)14-11(17)6-15/h2-4H,5-6H2,1H3,(H,14,16,17). The highest BCUT2D eigenvalue weighted by molar-refractivity contribution is 6.05. The lowest BCUT2D eigenvalue weighted by Gasteiger charge is -2.25. The second kappa shape index (κ2) is 4.56. The normalized spacial score (nSPS) is 15.6. The van der Waals surface area contributed by atoms with Crippen LogP contribution < -0.4 is 5.32 Å². The molecule has 0 radical (unpaired) electrons. The molecule has 0 aromatic heterocycles. The number of hydrogen-bond acceptors (Lipinski definition) is 3. The maximum Gasteiger partial charge on any atom is 0.254 e. The summed E-state index contributed by atoms with van der Waals surface area (Å²) in [6.07, 6.45) is 0. The fourth-order valence-electron chi connectivity index (χ4n) is 1.82. The van der Waals surface area contributed by atoms with Gasteiger partial charge in [-0.1, -0.05) is 0 Å². The SMILES string of the molecule is Cc1cc(F)cc(C(=O)N2CC(=O)NC(=O)C2)c1. The summed E-state index contributed by atoms with van der Waals surface area (Å²) >= 11 is 0. The first-order valence-corrected chi connectivity index (χ1v) is 5.35. The van der Waals surface area contributed by atoms with Crippen molar-refractivity contribution in [2.45, 2.75) is 6.92 Å². The van der Waals surface area contributed by atoms with E-state index in [1.165, 1.54) is 12.1 Å². The molecule has 1 aromatic rings. The topological polar surface area (TPSA) is 66.5 Å². The highest BCUT2D eigenvalue weighted by Crippen LogP contribution is 2.11. The summed E-state index contributed by atoms with van der Waals surface area (Å²) in [5.41, 5.74) is 0.737. The Kier molecular flexibility index (Phi) is 3.10. The summed E-state index contributed by atoms with van der Waals surface area (Å²) in [5, 5.41) is 2.09. The van der Waals surface area contributed by atoms with Gasteiger partial charge in [0, 0.05) is 5.56 Å².